The first-order valence-corrected chi connectivity index (χ1v) is 8.80. The van der Waals surface area contributed by atoms with E-state index in [1.54, 1.807) is 29.3 Å². The third-order valence-corrected chi connectivity index (χ3v) is 4.35. The summed E-state index contributed by atoms with van der Waals surface area (Å²) in [6.45, 7) is 0.308. The summed E-state index contributed by atoms with van der Waals surface area (Å²) in [5.74, 6) is 0.463. The number of carbonyl (C=O) groups is 1. The average Bonchev–Trinajstić information content (AvgIpc) is 3.36. The van der Waals surface area contributed by atoms with Crippen molar-refractivity contribution in [2.24, 2.45) is 0 Å². The minimum atomic E-state index is -0.224. The molecule has 0 aliphatic rings. The third kappa shape index (κ3) is 3.64. The fourth-order valence-electron chi connectivity index (χ4n) is 2.87. The van der Waals surface area contributed by atoms with E-state index >= 15 is 0 Å². The highest BCUT2D eigenvalue weighted by Crippen LogP contribution is 2.27. The maximum absolute atomic E-state index is 12.8. The zero-order chi connectivity index (χ0) is 18.6. The van der Waals surface area contributed by atoms with Crippen molar-refractivity contribution in [2.45, 2.75) is 6.54 Å². The smallest absolute Gasteiger partial charge is 0.255 e. The predicted octanol–water partition coefficient (Wildman–Crippen LogP) is 4.72. The first kappa shape index (κ1) is 17.1. The number of carbonyl (C=O) groups excluding carboxylic acids is 1. The number of hydrogen-bond donors (Lipinski definition) is 1. The largest absolute Gasteiger partial charge is 0.467 e. The molecule has 2 heterocycles. The van der Waals surface area contributed by atoms with Gasteiger partial charge in [0.2, 0.25) is 0 Å². The molecule has 0 aliphatic carbocycles. The molecule has 0 saturated heterocycles. The van der Waals surface area contributed by atoms with Crippen LogP contribution in [0.4, 0.5) is 0 Å². The van der Waals surface area contributed by atoms with Gasteiger partial charge in [0.05, 0.1) is 35.9 Å². The van der Waals surface area contributed by atoms with E-state index in [4.69, 9.17) is 16.0 Å². The summed E-state index contributed by atoms with van der Waals surface area (Å²) in [6, 6.07) is 20.6. The van der Waals surface area contributed by atoms with Gasteiger partial charge in [-0.2, -0.15) is 5.10 Å². The lowest BCUT2D eigenvalue weighted by atomic mass is 10.1. The molecule has 5 nitrogen and oxygen atoms in total. The van der Waals surface area contributed by atoms with Crippen molar-refractivity contribution >= 4 is 17.5 Å². The zero-order valence-electron chi connectivity index (χ0n) is 14.3. The van der Waals surface area contributed by atoms with Gasteiger partial charge in [-0.25, -0.2) is 4.68 Å². The number of rotatable bonds is 5. The van der Waals surface area contributed by atoms with Gasteiger partial charge in [0.15, 0.2) is 0 Å². The quantitative estimate of drug-likeness (QED) is 0.547. The third-order valence-electron chi connectivity index (χ3n) is 4.12. The summed E-state index contributed by atoms with van der Waals surface area (Å²) in [5, 5.41) is 7.92. The Morgan fingerprint density at radius 2 is 1.93 bits per heavy atom. The molecule has 4 rings (SSSR count). The first-order valence-electron chi connectivity index (χ1n) is 8.42. The summed E-state index contributed by atoms with van der Waals surface area (Å²) in [5.41, 5.74) is 2.85. The summed E-state index contributed by atoms with van der Waals surface area (Å²) < 4.78 is 7.00. The van der Waals surface area contributed by atoms with Gasteiger partial charge in [-0.05, 0) is 30.3 Å². The number of amides is 1. The Kier molecular flexibility index (Phi) is 4.77. The number of nitrogens with one attached hydrogen (secondary N) is 1. The van der Waals surface area contributed by atoms with Gasteiger partial charge in [-0.1, -0.05) is 48.0 Å². The summed E-state index contributed by atoms with van der Waals surface area (Å²) >= 11 is 6.14. The SMILES string of the molecule is O=C(NCc1ccco1)c1cnn(-c2cccc(Cl)c2)c1-c1ccccc1. The van der Waals surface area contributed by atoms with Crippen LogP contribution in [0.2, 0.25) is 5.02 Å². The number of aromatic nitrogens is 2. The Morgan fingerprint density at radius 3 is 2.67 bits per heavy atom. The maximum Gasteiger partial charge on any atom is 0.255 e. The van der Waals surface area contributed by atoms with Crippen molar-refractivity contribution in [3.63, 3.8) is 0 Å². The maximum atomic E-state index is 12.8. The molecule has 0 aliphatic heterocycles. The molecule has 27 heavy (non-hydrogen) atoms. The van der Waals surface area contributed by atoms with E-state index in [0.717, 1.165) is 11.3 Å². The molecule has 0 unspecified atom stereocenters. The van der Waals surface area contributed by atoms with Crippen molar-refractivity contribution in [3.8, 4) is 16.9 Å². The fraction of sp³-hybridized carbons (Fsp3) is 0.0476. The van der Waals surface area contributed by atoms with Crippen LogP contribution in [0, 0.1) is 0 Å². The second-order valence-corrected chi connectivity index (χ2v) is 6.36. The second-order valence-electron chi connectivity index (χ2n) is 5.93. The summed E-state index contributed by atoms with van der Waals surface area (Å²) in [7, 11) is 0. The Labute approximate surface area is 161 Å². The molecular formula is C21H16ClN3O2. The number of benzene rings is 2. The Bertz CT molecular complexity index is 1060. The van der Waals surface area contributed by atoms with Crippen LogP contribution >= 0.6 is 11.6 Å². The van der Waals surface area contributed by atoms with E-state index < -0.39 is 0 Å². The highest BCUT2D eigenvalue weighted by molar-refractivity contribution is 6.30. The predicted molar refractivity (Wildman–Crippen MR) is 104 cm³/mol. The van der Waals surface area contributed by atoms with Crippen LogP contribution in [0.1, 0.15) is 16.1 Å². The van der Waals surface area contributed by atoms with Gasteiger partial charge < -0.3 is 9.73 Å². The average molecular weight is 378 g/mol. The molecule has 4 aromatic rings. The lowest BCUT2D eigenvalue weighted by molar-refractivity contribution is 0.0948. The molecule has 1 N–H and O–H groups in total. The molecule has 0 radical (unpaired) electrons. The van der Waals surface area contributed by atoms with Gasteiger partial charge in [-0.3, -0.25) is 4.79 Å². The zero-order valence-corrected chi connectivity index (χ0v) is 15.1. The van der Waals surface area contributed by atoms with E-state index in [1.165, 1.54) is 0 Å². The highest BCUT2D eigenvalue weighted by Gasteiger charge is 2.20. The van der Waals surface area contributed by atoms with Gasteiger partial charge in [0.25, 0.3) is 5.91 Å². The van der Waals surface area contributed by atoms with Gasteiger partial charge >= 0.3 is 0 Å². The second kappa shape index (κ2) is 7.51. The first-order chi connectivity index (χ1) is 13.2. The van der Waals surface area contributed by atoms with E-state index in [-0.39, 0.29) is 5.91 Å². The number of hydrogen-bond acceptors (Lipinski definition) is 3. The Morgan fingerprint density at radius 1 is 1.07 bits per heavy atom. The van der Waals surface area contributed by atoms with E-state index in [1.807, 2.05) is 54.6 Å². The molecule has 2 aromatic carbocycles. The van der Waals surface area contributed by atoms with Crippen LogP contribution in [-0.2, 0) is 6.54 Å². The van der Waals surface area contributed by atoms with Crippen LogP contribution in [0.5, 0.6) is 0 Å². The fourth-order valence-corrected chi connectivity index (χ4v) is 3.05. The van der Waals surface area contributed by atoms with Crippen LogP contribution in [-0.4, -0.2) is 15.7 Å². The van der Waals surface area contributed by atoms with Crippen LogP contribution in [0.25, 0.3) is 16.9 Å². The lowest BCUT2D eigenvalue weighted by Gasteiger charge is -2.10. The Hall–Kier alpha value is -3.31. The minimum Gasteiger partial charge on any atom is -0.467 e. The van der Waals surface area contributed by atoms with Crippen molar-refractivity contribution in [2.75, 3.05) is 0 Å². The molecule has 0 saturated carbocycles. The van der Waals surface area contributed by atoms with E-state index in [2.05, 4.69) is 10.4 Å². The van der Waals surface area contributed by atoms with E-state index in [9.17, 15) is 4.79 Å². The van der Waals surface area contributed by atoms with Gasteiger partial charge in [0, 0.05) is 10.6 Å². The molecular weight excluding hydrogens is 362 g/mol. The number of halogens is 1. The van der Waals surface area contributed by atoms with Gasteiger partial charge in [-0.15, -0.1) is 0 Å². The van der Waals surface area contributed by atoms with Crippen molar-refractivity contribution in [1.82, 2.24) is 15.1 Å². The number of furan rings is 1. The molecule has 0 fully saturated rings. The Balaban J connectivity index is 1.74. The molecule has 0 atom stereocenters. The van der Waals surface area contributed by atoms with E-state index in [0.29, 0.717) is 28.6 Å². The van der Waals surface area contributed by atoms with Crippen LogP contribution < -0.4 is 5.32 Å². The monoisotopic (exact) mass is 377 g/mol. The molecule has 0 bridgehead atoms. The molecule has 0 spiro atoms. The topological polar surface area (TPSA) is 60.1 Å². The standard InChI is InChI=1S/C21H16ClN3O2/c22-16-8-4-9-17(12-16)25-20(15-6-2-1-3-7-15)19(14-24-25)21(26)23-13-18-10-5-11-27-18/h1-12,14H,13H2,(H,23,26). The summed E-state index contributed by atoms with van der Waals surface area (Å²) in [4.78, 5) is 12.8. The molecule has 134 valence electrons. The minimum absolute atomic E-state index is 0.224. The van der Waals surface area contributed by atoms with Crippen molar-refractivity contribution < 1.29 is 9.21 Å². The van der Waals surface area contributed by atoms with Gasteiger partial charge in [0.1, 0.15) is 5.76 Å². The molecule has 6 heteroatoms. The highest BCUT2D eigenvalue weighted by atomic mass is 35.5. The molecule has 1 amide bonds. The summed E-state index contributed by atoms with van der Waals surface area (Å²) in [6.07, 6.45) is 3.15. The van der Waals surface area contributed by atoms with Crippen molar-refractivity contribution in [3.05, 3.63) is 95.5 Å². The van der Waals surface area contributed by atoms with Crippen LogP contribution in [0.15, 0.2) is 83.6 Å². The molecule has 2 aromatic heterocycles. The normalized spacial score (nSPS) is 10.7. The van der Waals surface area contributed by atoms with Crippen molar-refractivity contribution in [1.29, 1.82) is 0 Å². The van der Waals surface area contributed by atoms with Crippen LogP contribution in [0.3, 0.4) is 0 Å². The number of nitrogens with zero attached hydrogens (tertiary/aromatic N) is 2. The lowest BCUT2D eigenvalue weighted by Crippen LogP contribution is -2.23.